The van der Waals surface area contributed by atoms with Gasteiger partial charge in [0.25, 0.3) is 0 Å². The first-order valence-electron chi connectivity index (χ1n) is 16.7. The maximum absolute atomic E-state index is 12.8. The fraction of sp³-hybridized carbons (Fsp3) is 0.629. The third-order valence-electron chi connectivity index (χ3n) is 7.46. The molecule has 0 saturated carbocycles. The number of carbonyl (C=O) groups is 1. The number of ether oxygens (including phenoxy) is 8. The first-order valence-corrected chi connectivity index (χ1v) is 16.7. The van der Waals surface area contributed by atoms with Gasteiger partial charge in [-0.15, -0.1) is 0 Å². The number of nitro groups is 1. The van der Waals surface area contributed by atoms with Gasteiger partial charge in [0, 0.05) is 36.5 Å². The smallest absolute Gasteiger partial charge is 0.211 e. The molecule has 48 heavy (non-hydrogen) atoms. The summed E-state index contributed by atoms with van der Waals surface area (Å²) in [6.45, 7) is 9.61. The third-order valence-corrected chi connectivity index (χ3v) is 7.46. The molecule has 0 aromatic heterocycles. The molecule has 0 bridgehead atoms. The van der Waals surface area contributed by atoms with E-state index in [1.54, 1.807) is 24.3 Å². The predicted octanol–water partition coefficient (Wildman–Crippen LogP) is 3.27. The van der Waals surface area contributed by atoms with Crippen molar-refractivity contribution in [3.63, 3.8) is 0 Å². The van der Waals surface area contributed by atoms with Gasteiger partial charge in [-0.05, 0) is 11.1 Å². The number of carbonyl (C=O) groups excluding carboxylic acids is 1. The minimum absolute atomic E-state index is 0.0720. The molecule has 2 aromatic rings. The van der Waals surface area contributed by atoms with Gasteiger partial charge in [0.05, 0.1) is 112 Å². The normalized spacial score (nSPS) is 19.5. The second-order valence-corrected chi connectivity index (χ2v) is 11.1. The van der Waals surface area contributed by atoms with Crippen LogP contribution in [0.5, 0.6) is 0 Å². The van der Waals surface area contributed by atoms with E-state index in [9.17, 15) is 14.9 Å². The molecule has 1 unspecified atom stereocenters. The van der Waals surface area contributed by atoms with Crippen molar-refractivity contribution in [2.75, 3.05) is 125 Å². The van der Waals surface area contributed by atoms with Crippen LogP contribution >= 0.6 is 0 Å². The highest BCUT2D eigenvalue weighted by Crippen LogP contribution is 2.23. The lowest BCUT2D eigenvalue weighted by molar-refractivity contribution is -0.483. The molecule has 1 aliphatic rings. The highest BCUT2D eigenvalue weighted by Gasteiger charge is 2.22. The first kappa shape index (κ1) is 39.6. The number of ketones is 1. The molecule has 0 N–H and O–H groups in total. The zero-order valence-corrected chi connectivity index (χ0v) is 28.0. The molecule has 1 aliphatic heterocycles. The number of hydrogen-bond acceptors (Lipinski definition) is 12. The lowest BCUT2D eigenvalue weighted by Gasteiger charge is -2.23. The summed E-state index contributed by atoms with van der Waals surface area (Å²) >= 11 is 0. The Bertz CT molecular complexity index is 1080. The summed E-state index contributed by atoms with van der Waals surface area (Å²) in [5, 5.41) is 11.4. The highest BCUT2D eigenvalue weighted by atomic mass is 16.6. The van der Waals surface area contributed by atoms with Gasteiger partial charge in [-0.3, -0.25) is 19.8 Å². The molecule has 0 spiro atoms. The molecular weight excluding hydrogens is 624 g/mol. The van der Waals surface area contributed by atoms with Crippen LogP contribution in [-0.2, 0) is 44.4 Å². The largest absolute Gasteiger partial charge is 0.378 e. The molecule has 3 rings (SSSR count). The van der Waals surface area contributed by atoms with Crippen LogP contribution in [0.2, 0.25) is 0 Å². The summed E-state index contributed by atoms with van der Waals surface area (Å²) in [5.74, 6) is -0.623. The van der Waals surface area contributed by atoms with Gasteiger partial charge >= 0.3 is 0 Å². The summed E-state index contributed by atoms with van der Waals surface area (Å²) in [7, 11) is 0. The van der Waals surface area contributed by atoms with Gasteiger partial charge in [0.15, 0.2) is 5.78 Å². The van der Waals surface area contributed by atoms with Crippen molar-refractivity contribution in [3.8, 4) is 0 Å². The number of Topliss-reactive ketones (excluding diaryl/α,β-unsaturated/α-hetero) is 1. The Kier molecular flexibility index (Phi) is 21.5. The van der Waals surface area contributed by atoms with Gasteiger partial charge in [-0.1, -0.05) is 54.6 Å². The minimum Gasteiger partial charge on any atom is -0.378 e. The van der Waals surface area contributed by atoms with E-state index in [2.05, 4.69) is 4.90 Å². The Morgan fingerprint density at radius 3 is 1.40 bits per heavy atom. The standard InChI is InChI=1S/C35H52N2O11/c38-35(33-4-2-1-3-5-33)28-34(30-37(39)40)32-8-6-31(7-9-32)29-36-10-12-41-14-16-43-18-20-45-22-24-47-26-27-48-25-23-46-21-19-44-17-15-42-13-11-36/h1-9,34H,10-30H2. The molecule has 13 nitrogen and oxygen atoms in total. The minimum atomic E-state index is -0.513. The van der Waals surface area contributed by atoms with Crippen molar-refractivity contribution in [1.82, 2.24) is 4.90 Å². The van der Waals surface area contributed by atoms with E-state index in [0.717, 1.165) is 11.1 Å². The average molecular weight is 677 g/mol. The molecule has 268 valence electrons. The molecule has 1 saturated heterocycles. The lowest BCUT2D eigenvalue weighted by atomic mass is 9.91. The fourth-order valence-electron chi connectivity index (χ4n) is 4.89. The van der Waals surface area contributed by atoms with Crippen LogP contribution in [-0.4, -0.2) is 141 Å². The predicted molar refractivity (Wildman–Crippen MR) is 178 cm³/mol. The number of rotatable bonds is 8. The summed E-state index contributed by atoms with van der Waals surface area (Å²) in [4.78, 5) is 26.2. The Hall–Kier alpha value is -2.85. The zero-order valence-electron chi connectivity index (χ0n) is 28.0. The summed E-state index contributed by atoms with van der Waals surface area (Å²) in [6.07, 6.45) is 0.0720. The van der Waals surface area contributed by atoms with E-state index >= 15 is 0 Å². The van der Waals surface area contributed by atoms with Crippen molar-refractivity contribution in [1.29, 1.82) is 0 Å². The first-order chi connectivity index (χ1) is 23.6. The van der Waals surface area contributed by atoms with E-state index < -0.39 is 5.92 Å². The van der Waals surface area contributed by atoms with E-state index in [-0.39, 0.29) is 23.7 Å². The van der Waals surface area contributed by atoms with Gasteiger partial charge in [0.1, 0.15) is 0 Å². The maximum atomic E-state index is 12.8. The third kappa shape index (κ3) is 18.6. The fourth-order valence-corrected chi connectivity index (χ4v) is 4.89. The zero-order chi connectivity index (χ0) is 33.9. The van der Waals surface area contributed by atoms with E-state index in [1.807, 2.05) is 30.3 Å². The van der Waals surface area contributed by atoms with Crippen molar-refractivity contribution in [2.24, 2.45) is 0 Å². The molecule has 1 atom stereocenters. The van der Waals surface area contributed by atoms with Gasteiger partial charge < -0.3 is 37.9 Å². The highest BCUT2D eigenvalue weighted by molar-refractivity contribution is 5.96. The van der Waals surface area contributed by atoms with Crippen molar-refractivity contribution >= 4 is 5.78 Å². The second kappa shape index (κ2) is 26.1. The number of nitrogens with zero attached hydrogens (tertiary/aromatic N) is 2. The van der Waals surface area contributed by atoms with Gasteiger partial charge in [-0.2, -0.15) is 0 Å². The molecule has 0 amide bonds. The van der Waals surface area contributed by atoms with Crippen LogP contribution in [0.15, 0.2) is 54.6 Å². The quantitative estimate of drug-likeness (QED) is 0.231. The Morgan fingerprint density at radius 2 is 1.00 bits per heavy atom. The van der Waals surface area contributed by atoms with Crippen LogP contribution in [0.3, 0.4) is 0 Å². The van der Waals surface area contributed by atoms with Crippen LogP contribution in [0.1, 0.15) is 33.8 Å². The van der Waals surface area contributed by atoms with Crippen LogP contribution in [0.4, 0.5) is 0 Å². The van der Waals surface area contributed by atoms with E-state index in [0.29, 0.717) is 131 Å². The molecule has 0 aliphatic carbocycles. The molecule has 13 heteroatoms. The van der Waals surface area contributed by atoms with Crippen molar-refractivity contribution in [3.05, 3.63) is 81.4 Å². The topological polar surface area (TPSA) is 137 Å². The summed E-state index contributed by atoms with van der Waals surface area (Å²) in [5.41, 5.74) is 2.38. The SMILES string of the molecule is O=C(CC(C[N+](=O)[O-])c1ccc(CN2CCOCCOCCOCCOCCOCCOCCOCCOCC2)cc1)c1ccccc1. The van der Waals surface area contributed by atoms with Crippen molar-refractivity contribution in [2.45, 2.75) is 18.9 Å². The van der Waals surface area contributed by atoms with Crippen LogP contribution < -0.4 is 0 Å². The number of hydrogen-bond donors (Lipinski definition) is 0. The maximum Gasteiger partial charge on any atom is 0.211 e. The number of benzene rings is 2. The lowest BCUT2D eigenvalue weighted by Crippen LogP contribution is -2.31. The van der Waals surface area contributed by atoms with Gasteiger partial charge in [-0.25, -0.2) is 0 Å². The Labute approximate surface area is 283 Å². The Balaban J connectivity index is 1.49. The van der Waals surface area contributed by atoms with Crippen molar-refractivity contribution < 1.29 is 47.6 Å². The Morgan fingerprint density at radius 1 is 0.604 bits per heavy atom. The van der Waals surface area contributed by atoms with Crippen LogP contribution in [0.25, 0.3) is 0 Å². The second-order valence-electron chi connectivity index (χ2n) is 11.1. The summed E-state index contributed by atoms with van der Waals surface area (Å²) < 4.78 is 44.9. The van der Waals surface area contributed by atoms with Crippen LogP contribution in [0, 0.1) is 10.1 Å². The molecule has 1 heterocycles. The molecule has 0 radical (unpaired) electrons. The van der Waals surface area contributed by atoms with E-state index in [1.165, 1.54) is 0 Å². The monoisotopic (exact) mass is 676 g/mol. The van der Waals surface area contributed by atoms with Gasteiger partial charge in [0.2, 0.25) is 6.54 Å². The molecular formula is C35H52N2O11. The summed E-state index contributed by atoms with van der Waals surface area (Å²) in [6, 6.07) is 16.6. The molecule has 1 fully saturated rings. The average Bonchev–Trinajstić information content (AvgIpc) is 3.09. The molecule has 2 aromatic carbocycles. The van der Waals surface area contributed by atoms with E-state index in [4.69, 9.17) is 37.9 Å².